The van der Waals surface area contributed by atoms with Gasteiger partial charge in [-0.1, -0.05) is 6.07 Å². The standard InChI is InChI=1S/C20H22N2O4S2/c1-26-19(24)11-16(17-4-3-9-28-17)21-20(25)13-10-18(23)22(12-13)14-5-7-15(27-2)8-6-14/h3-9,13,16H,10-12H2,1-2H3,(H,21,25)/t13-,16+/m0/s1. The van der Waals surface area contributed by atoms with Crippen molar-refractivity contribution in [3.05, 3.63) is 46.7 Å². The van der Waals surface area contributed by atoms with Crippen LogP contribution in [-0.4, -0.2) is 37.7 Å². The van der Waals surface area contributed by atoms with E-state index in [4.69, 9.17) is 4.74 Å². The first-order chi connectivity index (χ1) is 13.5. The molecule has 1 saturated heterocycles. The second-order valence-corrected chi connectivity index (χ2v) is 8.32. The normalized spacial score (nSPS) is 17.4. The van der Waals surface area contributed by atoms with E-state index in [2.05, 4.69) is 5.32 Å². The Morgan fingerprint density at radius 3 is 2.68 bits per heavy atom. The van der Waals surface area contributed by atoms with Gasteiger partial charge < -0.3 is 15.0 Å². The first-order valence-electron chi connectivity index (χ1n) is 8.86. The van der Waals surface area contributed by atoms with Crippen LogP contribution in [0.15, 0.2) is 46.7 Å². The molecule has 1 aromatic carbocycles. The Bertz CT molecular complexity index is 836. The maximum atomic E-state index is 12.8. The lowest BCUT2D eigenvalue weighted by atomic mass is 10.1. The highest BCUT2D eigenvalue weighted by atomic mass is 32.2. The highest BCUT2D eigenvalue weighted by Gasteiger charge is 2.36. The van der Waals surface area contributed by atoms with Crippen LogP contribution in [0.25, 0.3) is 0 Å². The second-order valence-electron chi connectivity index (χ2n) is 6.46. The predicted molar refractivity (Wildman–Crippen MR) is 111 cm³/mol. The van der Waals surface area contributed by atoms with Crippen molar-refractivity contribution < 1.29 is 19.1 Å². The number of anilines is 1. The molecular weight excluding hydrogens is 396 g/mol. The van der Waals surface area contributed by atoms with Crippen molar-refractivity contribution in [2.24, 2.45) is 5.92 Å². The number of esters is 1. The van der Waals surface area contributed by atoms with Gasteiger partial charge in [0.1, 0.15) is 0 Å². The molecule has 2 aromatic rings. The number of ether oxygens (including phenoxy) is 1. The fraction of sp³-hybridized carbons (Fsp3) is 0.350. The van der Waals surface area contributed by atoms with Crippen molar-refractivity contribution in [3.63, 3.8) is 0 Å². The maximum absolute atomic E-state index is 12.8. The van der Waals surface area contributed by atoms with Gasteiger partial charge in [-0.3, -0.25) is 14.4 Å². The zero-order valence-corrected chi connectivity index (χ0v) is 17.3. The molecule has 0 aliphatic carbocycles. The molecular formula is C20H22N2O4S2. The number of amides is 2. The molecule has 2 atom stereocenters. The summed E-state index contributed by atoms with van der Waals surface area (Å²) in [6.07, 6.45) is 2.21. The summed E-state index contributed by atoms with van der Waals surface area (Å²) in [6.45, 7) is 0.332. The molecule has 2 amide bonds. The first-order valence-corrected chi connectivity index (χ1v) is 11.0. The zero-order chi connectivity index (χ0) is 20.1. The molecule has 1 aromatic heterocycles. The molecule has 28 heavy (non-hydrogen) atoms. The van der Waals surface area contributed by atoms with Gasteiger partial charge in [-0.25, -0.2) is 0 Å². The Hall–Kier alpha value is -2.32. The number of rotatable bonds is 7. The van der Waals surface area contributed by atoms with Crippen LogP contribution in [0, 0.1) is 5.92 Å². The summed E-state index contributed by atoms with van der Waals surface area (Å²) in [6, 6.07) is 11.0. The van der Waals surface area contributed by atoms with Crippen LogP contribution in [0.2, 0.25) is 0 Å². The lowest BCUT2D eigenvalue weighted by Crippen LogP contribution is -2.36. The minimum absolute atomic E-state index is 0.0588. The maximum Gasteiger partial charge on any atom is 0.307 e. The second kappa shape index (κ2) is 9.25. The first kappa shape index (κ1) is 20.4. The number of carbonyl (C=O) groups excluding carboxylic acids is 3. The minimum Gasteiger partial charge on any atom is -0.469 e. The quantitative estimate of drug-likeness (QED) is 0.552. The van der Waals surface area contributed by atoms with Crippen LogP contribution in [0.3, 0.4) is 0 Å². The van der Waals surface area contributed by atoms with Gasteiger partial charge in [0, 0.05) is 28.4 Å². The number of methoxy groups -OCH3 is 1. The van der Waals surface area contributed by atoms with Gasteiger partial charge in [-0.05, 0) is 42.0 Å². The molecule has 0 radical (unpaired) electrons. The Balaban J connectivity index is 1.67. The third-order valence-electron chi connectivity index (χ3n) is 4.68. The average Bonchev–Trinajstić information content (AvgIpc) is 3.37. The van der Waals surface area contributed by atoms with Crippen molar-refractivity contribution in [2.75, 3.05) is 24.8 Å². The number of nitrogens with zero attached hydrogens (tertiary/aromatic N) is 1. The number of hydrogen-bond acceptors (Lipinski definition) is 6. The molecule has 1 aliphatic heterocycles. The zero-order valence-electron chi connectivity index (χ0n) is 15.7. The van der Waals surface area contributed by atoms with E-state index < -0.39 is 17.9 Å². The number of nitrogens with one attached hydrogen (secondary N) is 1. The fourth-order valence-corrected chi connectivity index (χ4v) is 4.33. The van der Waals surface area contributed by atoms with Gasteiger partial charge in [0.25, 0.3) is 0 Å². The molecule has 0 saturated carbocycles. The number of hydrogen-bond donors (Lipinski definition) is 1. The summed E-state index contributed by atoms with van der Waals surface area (Å²) >= 11 is 3.10. The van der Waals surface area contributed by atoms with Crippen LogP contribution in [0.1, 0.15) is 23.8 Å². The monoisotopic (exact) mass is 418 g/mol. The molecule has 1 fully saturated rings. The molecule has 3 rings (SSSR count). The smallest absolute Gasteiger partial charge is 0.307 e. The van der Waals surface area contributed by atoms with E-state index in [1.807, 2.05) is 48.0 Å². The molecule has 8 heteroatoms. The minimum atomic E-state index is -0.454. The molecule has 6 nitrogen and oxygen atoms in total. The van der Waals surface area contributed by atoms with Crippen molar-refractivity contribution in [2.45, 2.75) is 23.8 Å². The fourth-order valence-electron chi connectivity index (χ4n) is 3.15. The molecule has 1 aliphatic rings. The summed E-state index contributed by atoms with van der Waals surface area (Å²) in [7, 11) is 1.32. The van der Waals surface area contributed by atoms with Gasteiger partial charge in [-0.15, -0.1) is 23.1 Å². The summed E-state index contributed by atoms with van der Waals surface area (Å²) in [4.78, 5) is 40.6. The Labute approximate surface area is 172 Å². The predicted octanol–water partition coefficient (Wildman–Crippen LogP) is 3.24. The lowest BCUT2D eigenvalue weighted by molar-refractivity contribution is -0.141. The van der Waals surface area contributed by atoms with Crippen molar-refractivity contribution in [1.29, 1.82) is 0 Å². The summed E-state index contributed by atoms with van der Waals surface area (Å²) in [5.74, 6) is -1.14. The summed E-state index contributed by atoms with van der Waals surface area (Å²) < 4.78 is 4.75. The molecule has 1 N–H and O–H groups in total. The molecule has 0 spiro atoms. The average molecular weight is 419 g/mol. The van der Waals surface area contributed by atoms with Crippen LogP contribution in [0.4, 0.5) is 5.69 Å². The largest absolute Gasteiger partial charge is 0.469 e. The van der Waals surface area contributed by atoms with E-state index in [1.54, 1.807) is 16.7 Å². The van der Waals surface area contributed by atoms with Gasteiger partial charge in [0.05, 0.1) is 25.5 Å². The Kier molecular flexibility index (Phi) is 6.74. The lowest BCUT2D eigenvalue weighted by Gasteiger charge is -2.20. The topological polar surface area (TPSA) is 75.7 Å². The highest BCUT2D eigenvalue weighted by molar-refractivity contribution is 7.98. The Morgan fingerprint density at radius 1 is 1.32 bits per heavy atom. The molecule has 0 bridgehead atoms. The van der Waals surface area contributed by atoms with Crippen molar-refractivity contribution >= 4 is 46.6 Å². The number of carbonyl (C=O) groups is 3. The van der Waals surface area contributed by atoms with Crippen LogP contribution >= 0.6 is 23.1 Å². The van der Waals surface area contributed by atoms with Crippen LogP contribution in [-0.2, 0) is 19.1 Å². The third kappa shape index (κ3) is 4.74. The van der Waals surface area contributed by atoms with E-state index in [0.717, 1.165) is 15.5 Å². The molecule has 0 unspecified atom stereocenters. The van der Waals surface area contributed by atoms with Crippen molar-refractivity contribution in [3.8, 4) is 0 Å². The van der Waals surface area contributed by atoms with E-state index in [1.165, 1.54) is 18.4 Å². The molecule has 2 heterocycles. The molecule has 148 valence electrons. The van der Waals surface area contributed by atoms with Gasteiger partial charge in [0.15, 0.2) is 0 Å². The number of thioether (sulfide) groups is 1. The van der Waals surface area contributed by atoms with E-state index >= 15 is 0 Å². The summed E-state index contributed by atoms with van der Waals surface area (Å²) in [5.41, 5.74) is 0.794. The van der Waals surface area contributed by atoms with Crippen LogP contribution < -0.4 is 10.2 Å². The SMILES string of the molecule is COC(=O)C[C@@H](NC(=O)[C@H]1CC(=O)N(c2ccc(SC)cc2)C1)c1cccs1. The number of benzene rings is 1. The Morgan fingerprint density at radius 2 is 2.07 bits per heavy atom. The van der Waals surface area contributed by atoms with E-state index in [9.17, 15) is 14.4 Å². The highest BCUT2D eigenvalue weighted by Crippen LogP contribution is 2.29. The summed E-state index contributed by atoms with van der Waals surface area (Å²) in [5, 5.41) is 4.82. The van der Waals surface area contributed by atoms with E-state index in [-0.39, 0.29) is 24.7 Å². The third-order valence-corrected chi connectivity index (χ3v) is 6.41. The van der Waals surface area contributed by atoms with Gasteiger partial charge in [0.2, 0.25) is 11.8 Å². The number of thiophene rings is 1. The van der Waals surface area contributed by atoms with Crippen molar-refractivity contribution in [1.82, 2.24) is 5.32 Å². The van der Waals surface area contributed by atoms with Gasteiger partial charge in [-0.2, -0.15) is 0 Å². The van der Waals surface area contributed by atoms with Gasteiger partial charge >= 0.3 is 5.97 Å². The van der Waals surface area contributed by atoms with Crippen LogP contribution in [0.5, 0.6) is 0 Å². The van der Waals surface area contributed by atoms with E-state index in [0.29, 0.717) is 6.54 Å².